The van der Waals surface area contributed by atoms with Gasteiger partial charge in [0.25, 0.3) is 0 Å². The van der Waals surface area contributed by atoms with Gasteiger partial charge in [-0.3, -0.25) is 0 Å². The SMILES string of the molecule is COCCNc1nnc(-c2cnc(-c3ccco3)s2)s1. The summed E-state index contributed by atoms with van der Waals surface area (Å²) < 4.78 is 10.3. The van der Waals surface area contributed by atoms with Gasteiger partial charge in [0.05, 0.1) is 17.7 Å². The Hall–Kier alpha value is -1.77. The second-order valence-electron chi connectivity index (χ2n) is 3.84. The third-order valence-corrected chi connectivity index (χ3v) is 4.52. The molecular formula is C12H12N4O2S2. The van der Waals surface area contributed by atoms with Crippen molar-refractivity contribution in [3.63, 3.8) is 0 Å². The van der Waals surface area contributed by atoms with Crippen molar-refractivity contribution in [1.29, 1.82) is 0 Å². The van der Waals surface area contributed by atoms with Crippen LogP contribution in [0.25, 0.3) is 20.7 Å². The summed E-state index contributed by atoms with van der Waals surface area (Å²) in [5.74, 6) is 0.768. The Labute approximate surface area is 123 Å². The standard InChI is InChI=1S/C12H12N4O2S2/c1-17-6-4-13-12-16-15-11(20-12)9-7-14-10(19-9)8-3-2-5-18-8/h2-3,5,7H,4,6H2,1H3,(H,13,16). The summed E-state index contributed by atoms with van der Waals surface area (Å²) in [4.78, 5) is 5.32. The third kappa shape index (κ3) is 2.87. The van der Waals surface area contributed by atoms with Gasteiger partial charge in [-0.1, -0.05) is 11.3 Å². The molecule has 0 amide bonds. The number of furan rings is 1. The molecule has 6 nitrogen and oxygen atoms in total. The first-order valence-corrected chi connectivity index (χ1v) is 7.56. The average Bonchev–Trinajstić information content (AvgIpc) is 3.19. The van der Waals surface area contributed by atoms with Crippen LogP contribution in [0, 0.1) is 0 Å². The molecule has 0 radical (unpaired) electrons. The zero-order valence-corrected chi connectivity index (χ0v) is 12.3. The van der Waals surface area contributed by atoms with E-state index in [1.807, 2.05) is 12.1 Å². The van der Waals surface area contributed by atoms with Crippen molar-refractivity contribution in [1.82, 2.24) is 15.2 Å². The zero-order valence-electron chi connectivity index (χ0n) is 10.7. The fourth-order valence-corrected chi connectivity index (χ4v) is 3.23. The van der Waals surface area contributed by atoms with Gasteiger partial charge in [-0.15, -0.1) is 21.5 Å². The Bertz CT molecular complexity index is 663. The Kier molecular flexibility index (Phi) is 4.05. The lowest BCUT2D eigenvalue weighted by Gasteiger charge is -1.98. The van der Waals surface area contributed by atoms with Crippen molar-refractivity contribution in [3.05, 3.63) is 24.6 Å². The molecule has 0 fully saturated rings. The molecule has 3 heterocycles. The molecule has 0 spiro atoms. The number of ether oxygens (including phenoxy) is 1. The summed E-state index contributed by atoms with van der Waals surface area (Å²) in [6.07, 6.45) is 3.43. The van der Waals surface area contributed by atoms with Gasteiger partial charge in [0.15, 0.2) is 15.8 Å². The summed E-state index contributed by atoms with van der Waals surface area (Å²) in [7, 11) is 1.67. The highest BCUT2D eigenvalue weighted by atomic mass is 32.1. The molecule has 3 aromatic heterocycles. The minimum absolute atomic E-state index is 0.637. The number of rotatable bonds is 6. The Morgan fingerprint density at radius 2 is 2.25 bits per heavy atom. The van der Waals surface area contributed by atoms with Crippen molar-refractivity contribution in [2.45, 2.75) is 0 Å². The first-order chi connectivity index (χ1) is 9.86. The molecule has 3 rings (SSSR count). The van der Waals surface area contributed by atoms with Gasteiger partial charge in [0, 0.05) is 19.9 Å². The summed E-state index contributed by atoms with van der Waals surface area (Å²) in [6, 6.07) is 3.74. The topological polar surface area (TPSA) is 73.1 Å². The van der Waals surface area contributed by atoms with Crippen LogP contribution < -0.4 is 5.32 Å². The fraction of sp³-hybridized carbons (Fsp3) is 0.250. The lowest BCUT2D eigenvalue weighted by atomic mass is 10.5. The number of nitrogens with zero attached hydrogens (tertiary/aromatic N) is 3. The number of thiazole rings is 1. The summed E-state index contributed by atoms with van der Waals surface area (Å²) >= 11 is 3.03. The van der Waals surface area contributed by atoms with Gasteiger partial charge in [-0.25, -0.2) is 4.98 Å². The molecule has 0 aliphatic rings. The molecule has 0 bridgehead atoms. The molecule has 0 saturated heterocycles. The van der Waals surface area contributed by atoms with Crippen LogP contribution in [0.15, 0.2) is 29.0 Å². The predicted octanol–water partition coefficient (Wildman–Crippen LogP) is 2.98. The summed E-state index contributed by atoms with van der Waals surface area (Å²) in [6.45, 7) is 1.35. The molecule has 0 aliphatic carbocycles. The third-order valence-electron chi connectivity index (χ3n) is 2.46. The Morgan fingerprint density at radius 1 is 1.30 bits per heavy atom. The maximum absolute atomic E-state index is 5.33. The van der Waals surface area contributed by atoms with Gasteiger partial charge in [0.1, 0.15) is 0 Å². The van der Waals surface area contributed by atoms with E-state index in [4.69, 9.17) is 9.15 Å². The summed E-state index contributed by atoms with van der Waals surface area (Å²) in [5.41, 5.74) is 0. The lowest BCUT2D eigenvalue weighted by Crippen LogP contribution is -2.06. The van der Waals surface area contributed by atoms with Crippen molar-refractivity contribution in [2.24, 2.45) is 0 Å². The number of aromatic nitrogens is 3. The molecule has 20 heavy (non-hydrogen) atoms. The van der Waals surface area contributed by atoms with E-state index in [0.717, 1.165) is 25.8 Å². The highest BCUT2D eigenvalue weighted by Crippen LogP contribution is 2.34. The molecule has 3 aromatic rings. The highest BCUT2D eigenvalue weighted by Gasteiger charge is 2.12. The molecule has 0 unspecified atom stereocenters. The van der Waals surface area contributed by atoms with Gasteiger partial charge < -0.3 is 14.5 Å². The minimum Gasteiger partial charge on any atom is -0.462 e. The molecule has 0 saturated carbocycles. The van der Waals surface area contributed by atoms with Gasteiger partial charge in [-0.2, -0.15) is 0 Å². The number of anilines is 1. The van der Waals surface area contributed by atoms with Crippen LogP contribution in [0.2, 0.25) is 0 Å². The average molecular weight is 308 g/mol. The Balaban J connectivity index is 1.73. The fourth-order valence-electron chi connectivity index (χ4n) is 1.54. The molecule has 0 aromatic carbocycles. The van der Waals surface area contributed by atoms with Crippen molar-refractivity contribution in [3.8, 4) is 20.7 Å². The quantitative estimate of drug-likeness (QED) is 0.706. The van der Waals surface area contributed by atoms with Crippen LogP contribution >= 0.6 is 22.7 Å². The molecule has 1 N–H and O–H groups in total. The molecular weight excluding hydrogens is 296 g/mol. The maximum Gasteiger partial charge on any atom is 0.206 e. The van der Waals surface area contributed by atoms with E-state index < -0.39 is 0 Å². The number of hydrogen-bond donors (Lipinski definition) is 1. The largest absolute Gasteiger partial charge is 0.462 e. The highest BCUT2D eigenvalue weighted by molar-refractivity contribution is 7.24. The number of nitrogens with one attached hydrogen (secondary N) is 1. The van der Waals surface area contributed by atoms with Crippen LogP contribution in [0.3, 0.4) is 0 Å². The molecule has 104 valence electrons. The van der Waals surface area contributed by atoms with Gasteiger partial charge in [0.2, 0.25) is 5.13 Å². The van der Waals surface area contributed by atoms with Crippen LogP contribution in [-0.4, -0.2) is 35.4 Å². The predicted molar refractivity (Wildman–Crippen MR) is 79.1 cm³/mol. The van der Waals surface area contributed by atoms with E-state index in [9.17, 15) is 0 Å². The molecule has 8 heteroatoms. The van der Waals surface area contributed by atoms with E-state index in [-0.39, 0.29) is 0 Å². The van der Waals surface area contributed by atoms with E-state index in [0.29, 0.717) is 13.2 Å². The smallest absolute Gasteiger partial charge is 0.206 e. The minimum atomic E-state index is 0.637. The first-order valence-electron chi connectivity index (χ1n) is 5.93. The van der Waals surface area contributed by atoms with Crippen molar-refractivity contribution in [2.75, 3.05) is 25.6 Å². The van der Waals surface area contributed by atoms with Crippen LogP contribution in [0.1, 0.15) is 0 Å². The van der Waals surface area contributed by atoms with E-state index in [2.05, 4.69) is 20.5 Å². The van der Waals surface area contributed by atoms with E-state index in [1.54, 1.807) is 19.6 Å². The van der Waals surface area contributed by atoms with Crippen LogP contribution in [0.5, 0.6) is 0 Å². The van der Waals surface area contributed by atoms with Gasteiger partial charge >= 0.3 is 0 Å². The zero-order chi connectivity index (χ0) is 13.8. The van der Waals surface area contributed by atoms with Crippen LogP contribution in [-0.2, 0) is 4.74 Å². The van der Waals surface area contributed by atoms with Crippen LogP contribution in [0.4, 0.5) is 5.13 Å². The maximum atomic E-state index is 5.33. The Morgan fingerprint density at radius 3 is 3.05 bits per heavy atom. The van der Waals surface area contributed by atoms with Crippen molar-refractivity contribution >= 4 is 27.8 Å². The first kappa shape index (κ1) is 13.2. The van der Waals surface area contributed by atoms with E-state index >= 15 is 0 Å². The van der Waals surface area contributed by atoms with E-state index in [1.165, 1.54) is 22.7 Å². The monoisotopic (exact) mass is 308 g/mol. The lowest BCUT2D eigenvalue weighted by molar-refractivity contribution is 0.211. The molecule has 0 atom stereocenters. The van der Waals surface area contributed by atoms with Gasteiger partial charge in [-0.05, 0) is 12.1 Å². The normalized spacial score (nSPS) is 10.8. The molecule has 0 aliphatic heterocycles. The second-order valence-corrected chi connectivity index (χ2v) is 5.85. The summed E-state index contributed by atoms with van der Waals surface area (Å²) in [5, 5.41) is 13.9. The number of hydrogen-bond acceptors (Lipinski definition) is 8. The second kappa shape index (κ2) is 6.12. The van der Waals surface area contributed by atoms with Crippen molar-refractivity contribution < 1.29 is 9.15 Å². The number of methoxy groups -OCH3 is 1.